The van der Waals surface area contributed by atoms with Crippen molar-refractivity contribution < 1.29 is 23.1 Å². The Morgan fingerprint density at radius 3 is 2.39 bits per heavy atom. The first-order chi connectivity index (χ1) is 15.4. The van der Waals surface area contributed by atoms with Crippen LogP contribution in [0.3, 0.4) is 0 Å². The Bertz CT molecular complexity index is 939. The molecular weight excluding hydrogens is 431 g/mol. The number of hydrogen-bond donors (Lipinski definition) is 3. The standard InChI is InChI=1S/C23H30F3N3O2.C2H6/c1-22(2,3)17-11-16(28-13-23(24,25)26)10-14-8-9-18(29-20(14)17)21(31)27-12-15-6-4-5-7-19(15)30;1-2/h8-11,15,19,28,30H,4-7,12-13H2,1-3H3,(H,27,31);1-2H3. The number of amides is 1. The Hall–Kier alpha value is -2.35. The molecule has 0 spiro atoms. The zero-order chi connectivity index (χ0) is 24.8. The molecule has 33 heavy (non-hydrogen) atoms. The molecule has 1 amide bonds. The lowest BCUT2D eigenvalue weighted by Gasteiger charge is -2.27. The summed E-state index contributed by atoms with van der Waals surface area (Å²) >= 11 is 0. The average Bonchev–Trinajstić information content (AvgIpc) is 2.76. The van der Waals surface area contributed by atoms with E-state index in [2.05, 4.69) is 15.6 Å². The molecule has 1 fully saturated rings. The van der Waals surface area contributed by atoms with Gasteiger partial charge in [0, 0.05) is 23.5 Å². The Balaban J connectivity index is 0.00000187. The quantitative estimate of drug-likeness (QED) is 0.519. The highest BCUT2D eigenvalue weighted by atomic mass is 19.4. The lowest BCUT2D eigenvalue weighted by Crippen LogP contribution is -2.37. The van der Waals surface area contributed by atoms with Crippen LogP contribution in [0.15, 0.2) is 24.3 Å². The predicted molar refractivity (Wildman–Crippen MR) is 127 cm³/mol. The van der Waals surface area contributed by atoms with Crippen molar-refractivity contribution in [2.45, 2.75) is 78.0 Å². The van der Waals surface area contributed by atoms with Crippen LogP contribution in [0.25, 0.3) is 10.9 Å². The molecule has 3 rings (SSSR count). The van der Waals surface area contributed by atoms with Gasteiger partial charge < -0.3 is 15.7 Å². The second-order valence-corrected chi connectivity index (χ2v) is 9.33. The minimum absolute atomic E-state index is 0.0468. The van der Waals surface area contributed by atoms with Gasteiger partial charge in [0.1, 0.15) is 12.2 Å². The molecule has 1 saturated carbocycles. The number of carbonyl (C=O) groups excluding carboxylic acids is 1. The van der Waals surface area contributed by atoms with Crippen molar-refractivity contribution in [2.75, 3.05) is 18.4 Å². The van der Waals surface area contributed by atoms with Gasteiger partial charge in [-0.3, -0.25) is 4.79 Å². The molecule has 0 aliphatic heterocycles. The van der Waals surface area contributed by atoms with Gasteiger partial charge in [-0.15, -0.1) is 0 Å². The minimum Gasteiger partial charge on any atom is -0.393 e. The van der Waals surface area contributed by atoms with Crippen LogP contribution in [0.1, 0.15) is 76.4 Å². The third kappa shape index (κ3) is 7.59. The zero-order valence-electron chi connectivity index (χ0n) is 20.1. The van der Waals surface area contributed by atoms with Gasteiger partial charge in [0.15, 0.2) is 0 Å². The van der Waals surface area contributed by atoms with Gasteiger partial charge in [-0.2, -0.15) is 13.2 Å². The van der Waals surface area contributed by atoms with Crippen molar-refractivity contribution in [3.63, 3.8) is 0 Å². The van der Waals surface area contributed by atoms with E-state index in [1.54, 1.807) is 24.3 Å². The van der Waals surface area contributed by atoms with E-state index in [0.717, 1.165) is 31.2 Å². The molecule has 1 aliphatic carbocycles. The summed E-state index contributed by atoms with van der Waals surface area (Å²) < 4.78 is 37.9. The molecule has 1 heterocycles. The highest BCUT2D eigenvalue weighted by Gasteiger charge is 2.28. The summed E-state index contributed by atoms with van der Waals surface area (Å²) in [5, 5.41) is 16.1. The number of aliphatic hydroxyl groups is 1. The SMILES string of the molecule is CC.CC(C)(C)c1cc(NCC(F)(F)F)cc2ccc(C(=O)NCC3CCCCC3O)nc12. The molecule has 3 N–H and O–H groups in total. The van der Waals surface area contributed by atoms with E-state index in [1.165, 1.54) is 0 Å². The van der Waals surface area contributed by atoms with Crippen molar-refractivity contribution in [1.29, 1.82) is 0 Å². The van der Waals surface area contributed by atoms with Gasteiger partial charge in [-0.1, -0.05) is 53.5 Å². The highest BCUT2D eigenvalue weighted by molar-refractivity contribution is 5.96. The number of aliphatic hydroxyl groups excluding tert-OH is 1. The Morgan fingerprint density at radius 1 is 1.12 bits per heavy atom. The van der Waals surface area contributed by atoms with Crippen molar-refractivity contribution >= 4 is 22.5 Å². The maximum Gasteiger partial charge on any atom is 0.405 e. The number of nitrogens with zero attached hydrogens (tertiary/aromatic N) is 1. The summed E-state index contributed by atoms with van der Waals surface area (Å²) in [6.45, 7) is 9.13. The molecule has 0 saturated heterocycles. The van der Waals surface area contributed by atoms with Crippen LogP contribution in [0.4, 0.5) is 18.9 Å². The summed E-state index contributed by atoms with van der Waals surface area (Å²) in [6.07, 6.45) is -1.02. The van der Waals surface area contributed by atoms with Crippen LogP contribution in [0.5, 0.6) is 0 Å². The van der Waals surface area contributed by atoms with E-state index < -0.39 is 18.8 Å². The topological polar surface area (TPSA) is 74.2 Å². The number of aromatic nitrogens is 1. The largest absolute Gasteiger partial charge is 0.405 e. The van der Waals surface area contributed by atoms with E-state index in [0.29, 0.717) is 23.1 Å². The van der Waals surface area contributed by atoms with Crippen LogP contribution in [0.2, 0.25) is 0 Å². The molecule has 1 aromatic carbocycles. The second kappa shape index (κ2) is 11.2. The van der Waals surface area contributed by atoms with Crippen molar-refractivity contribution in [3.05, 3.63) is 35.5 Å². The number of hydrogen-bond acceptors (Lipinski definition) is 4. The monoisotopic (exact) mass is 467 g/mol. The van der Waals surface area contributed by atoms with Gasteiger partial charge in [0.2, 0.25) is 0 Å². The number of carbonyl (C=O) groups is 1. The molecular formula is C25H36F3N3O2. The fraction of sp³-hybridized carbons (Fsp3) is 0.600. The van der Waals surface area contributed by atoms with Gasteiger partial charge in [-0.05, 0) is 42.0 Å². The van der Waals surface area contributed by atoms with E-state index in [-0.39, 0.29) is 22.9 Å². The third-order valence-electron chi connectivity index (χ3n) is 5.72. The van der Waals surface area contributed by atoms with E-state index >= 15 is 0 Å². The molecule has 2 aromatic rings. The molecule has 0 radical (unpaired) electrons. The van der Waals surface area contributed by atoms with E-state index in [9.17, 15) is 23.1 Å². The van der Waals surface area contributed by atoms with Crippen LogP contribution in [0, 0.1) is 5.92 Å². The van der Waals surface area contributed by atoms with Crippen molar-refractivity contribution in [1.82, 2.24) is 10.3 Å². The molecule has 8 heteroatoms. The first-order valence-corrected chi connectivity index (χ1v) is 11.7. The third-order valence-corrected chi connectivity index (χ3v) is 5.72. The number of pyridine rings is 1. The van der Waals surface area contributed by atoms with Gasteiger partial charge in [0.05, 0.1) is 11.6 Å². The number of benzene rings is 1. The van der Waals surface area contributed by atoms with Gasteiger partial charge >= 0.3 is 6.18 Å². The lowest BCUT2D eigenvalue weighted by molar-refractivity contribution is -0.115. The summed E-state index contributed by atoms with van der Waals surface area (Å²) in [7, 11) is 0. The average molecular weight is 468 g/mol. The molecule has 2 unspecified atom stereocenters. The molecule has 184 valence electrons. The molecule has 2 atom stereocenters. The van der Waals surface area contributed by atoms with Crippen LogP contribution < -0.4 is 10.6 Å². The fourth-order valence-electron chi connectivity index (χ4n) is 3.98. The number of rotatable bonds is 5. The van der Waals surface area contributed by atoms with Gasteiger partial charge in [-0.25, -0.2) is 4.98 Å². The first kappa shape index (κ1) is 26.9. The molecule has 1 aliphatic rings. The minimum atomic E-state index is -4.32. The summed E-state index contributed by atoms with van der Waals surface area (Å²) in [4.78, 5) is 17.2. The highest BCUT2D eigenvalue weighted by Crippen LogP contribution is 2.33. The zero-order valence-corrected chi connectivity index (χ0v) is 20.1. The summed E-state index contributed by atoms with van der Waals surface area (Å²) in [5.74, 6) is -0.274. The number of fused-ring (bicyclic) bond motifs is 1. The second-order valence-electron chi connectivity index (χ2n) is 9.33. The molecule has 0 bridgehead atoms. The number of anilines is 1. The molecule has 5 nitrogen and oxygen atoms in total. The Labute approximate surface area is 194 Å². The predicted octanol–water partition coefficient (Wildman–Crippen LogP) is 5.81. The van der Waals surface area contributed by atoms with Crippen molar-refractivity contribution in [2.24, 2.45) is 5.92 Å². The number of halogens is 3. The normalized spacial score (nSPS) is 18.9. The van der Waals surface area contributed by atoms with Crippen LogP contribution in [-0.2, 0) is 5.41 Å². The van der Waals surface area contributed by atoms with Crippen molar-refractivity contribution in [3.8, 4) is 0 Å². The maximum atomic E-state index is 12.7. The van der Waals surface area contributed by atoms with Gasteiger partial charge in [0.25, 0.3) is 5.91 Å². The number of nitrogens with one attached hydrogen (secondary N) is 2. The molecule has 1 aromatic heterocycles. The smallest absolute Gasteiger partial charge is 0.393 e. The first-order valence-electron chi connectivity index (χ1n) is 11.7. The van der Waals surface area contributed by atoms with Crippen LogP contribution in [-0.4, -0.2) is 41.4 Å². The Morgan fingerprint density at radius 2 is 1.79 bits per heavy atom. The summed E-state index contributed by atoms with van der Waals surface area (Å²) in [6, 6.07) is 6.57. The lowest BCUT2D eigenvalue weighted by atomic mass is 9.85. The van der Waals surface area contributed by atoms with Crippen LogP contribution >= 0.6 is 0 Å². The summed E-state index contributed by atoms with van der Waals surface area (Å²) in [5.41, 5.74) is 1.57. The number of alkyl halides is 3. The Kier molecular flexibility index (Phi) is 9.12. The van der Waals surface area contributed by atoms with E-state index in [1.807, 2.05) is 34.6 Å². The van der Waals surface area contributed by atoms with E-state index in [4.69, 9.17) is 0 Å². The maximum absolute atomic E-state index is 12.7. The fourth-order valence-corrected chi connectivity index (χ4v) is 3.98.